The molecule has 0 aliphatic heterocycles. The zero-order valence-corrected chi connectivity index (χ0v) is 15.0. The van der Waals surface area contributed by atoms with Gasteiger partial charge in [0.25, 0.3) is 0 Å². The quantitative estimate of drug-likeness (QED) is 0.836. The Bertz CT molecular complexity index is 623. The van der Waals surface area contributed by atoms with Gasteiger partial charge in [-0.15, -0.1) is 12.4 Å². The molecule has 22 heavy (non-hydrogen) atoms. The van der Waals surface area contributed by atoms with Crippen LogP contribution in [0.1, 0.15) is 24.8 Å². The van der Waals surface area contributed by atoms with Gasteiger partial charge in [-0.3, -0.25) is 0 Å². The molecule has 3 N–H and O–H groups in total. The molecule has 1 aromatic carbocycles. The van der Waals surface area contributed by atoms with Crippen LogP contribution in [-0.2, 0) is 10.0 Å². The number of nitrogens with one attached hydrogen (secondary N) is 1. The number of aryl methyl sites for hydroxylation is 1. The lowest BCUT2D eigenvalue weighted by atomic mass is 10.1. The van der Waals surface area contributed by atoms with Gasteiger partial charge in [0.15, 0.2) is 0 Å². The molecule has 1 aliphatic rings. The highest BCUT2D eigenvalue weighted by atomic mass is 35.5. The fourth-order valence-corrected chi connectivity index (χ4v) is 4.72. The van der Waals surface area contributed by atoms with Crippen molar-refractivity contribution in [1.82, 2.24) is 4.72 Å². The predicted molar refractivity (Wildman–Crippen MR) is 90.5 cm³/mol. The molecule has 1 aromatic rings. The molecule has 0 aromatic heterocycles. The normalized spacial score (nSPS) is 21.5. The van der Waals surface area contributed by atoms with Crippen molar-refractivity contribution in [3.8, 4) is 5.75 Å². The van der Waals surface area contributed by atoms with E-state index < -0.39 is 10.0 Å². The molecule has 1 saturated carbocycles. The van der Waals surface area contributed by atoms with Crippen LogP contribution < -0.4 is 15.2 Å². The van der Waals surface area contributed by atoms with Crippen molar-refractivity contribution in [2.75, 3.05) is 13.7 Å². The lowest BCUT2D eigenvalue weighted by molar-refractivity contribution is 0.414. The second-order valence-corrected chi connectivity index (χ2v) is 7.50. The summed E-state index contributed by atoms with van der Waals surface area (Å²) >= 11 is 6.04. The summed E-state index contributed by atoms with van der Waals surface area (Å²) in [5.74, 6) is 0.669. The Hall–Kier alpha value is -0.530. The van der Waals surface area contributed by atoms with E-state index in [1.54, 1.807) is 13.0 Å². The van der Waals surface area contributed by atoms with E-state index in [9.17, 15) is 8.42 Å². The highest BCUT2D eigenvalue weighted by Crippen LogP contribution is 2.31. The molecule has 5 nitrogen and oxygen atoms in total. The van der Waals surface area contributed by atoms with Crippen LogP contribution >= 0.6 is 24.0 Å². The first kappa shape index (κ1) is 19.5. The Balaban J connectivity index is 0.00000242. The fourth-order valence-electron chi connectivity index (χ4n) is 2.82. The van der Waals surface area contributed by atoms with Gasteiger partial charge >= 0.3 is 0 Å². The highest BCUT2D eigenvalue weighted by molar-refractivity contribution is 7.89. The lowest BCUT2D eigenvalue weighted by Gasteiger charge is -2.20. The van der Waals surface area contributed by atoms with E-state index in [2.05, 4.69) is 4.72 Å². The van der Waals surface area contributed by atoms with E-state index >= 15 is 0 Å². The first-order valence-corrected chi connectivity index (χ1v) is 8.81. The van der Waals surface area contributed by atoms with Gasteiger partial charge in [0.2, 0.25) is 10.0 Å². The van der Waals surface area contributed by atoms with E-state index in [4.69, 9.17) is 22.1 Å². The average Bonchev–Trinajstić information content (AvgIpc) is 2.87. The molecule has 0 heterocycles. The molecule has 1 fully saturated rings. The smallest absolute Gasteiger partial charge is 0.241 e. The number of methoxy groups -OCH3 is 1. The predicted octanol–water partition coefficient (Wildman–Crippen LogP) is 2.48. The summed E-state index contributed by atoms with van der Waals surface area (Å²) in [7, 11) is -2.11. The van der Waals surface area contributed by atoms with E-state index in [0.29, 0.717) is 17.9 Å². The molecule has 8 heteroatoms. The number of hydrogen-bond acceptors (Lipinski definition) is 4. The molecular formula is C14H22Cl2N2O3S. The third-order valence-corrected chi connectivity index (χ3v) is 5.93. The summed E-state index contributed by atoms with van der Waals surface area (Å²) < 4.78 is 33.0. The number of nitrogens with two attached hydrogens (primary N) is 1. The standard InChI is InChI=1S/C14H21ClN2O3S.ClH/c1-9-6-13(20-2)11(15)7-14(9)21(18,19)17-12-5-3-4-10(12)8-16;/h6-7,10,12,17H,3-5,8,16H2,1-2H3;1H. The van der Waals surface area contributed by atoms with Crippen molar-refractivity contribution in [3.05, 3.63) is 22.7 Å². The summed E-state index contributed by atoms with van der Waals surface area (Å²) in [4.78, 5) is 0.191. The molecule has 0 radical (unpaired) electrons. The van der Waals surface area contributed by atoms with Crippen LogP contribution in [0.2, 0.25) is 5.02 Å². The van der Waals surface area contributed by atoms with Gasteiger partial charge in [-0.05, 0) is 49.9 Å². The number of halogens is 2. The number of rotatable bonds is 5. The molecular weight excluding hydrogens is 347 g/mol. The summed E-state index contributed by atoms with van der Waals surface area (Å²) in [5, 5.41) is 0.283. The SMILES string of the molecule is COc1cc(C)c(S(=O)(=O)NC2CCCC2CN)cc1Cl.Cl. The van der Waals surface area contributed by atoms with Crippen molar-refractivity contribution in [2.24, 2.45) is 11.7 Å². The average molecular weight is 369 g/mol. The van der Waals surface area contributed by atoms with Crippen molar-refractivity contribution in [3.63, 3.8) is 0 Å². The monoisotopic (exact) mass is 368 g/mol. The summed E-state index contributed by atoms with van der Waals surface area (Å²) in [6, 6.07) is 2.97. The molecule has 0 spiro atoms. The molecule has 2 atom stereocenters. The van der Waals surface area contributed by atoms with Gasteiger partial charge in [-0.2, -0.15) is 0 Å². The minimum absolute atomic E-state index is 0. The Kier molecular flexibility index (Phi) is 6.95. The molecule has 1 aliphatic carbocycles. The largest absolute Gasteiger partial charge is 0.495 e. The van der Waals surface area contributed by atoms with Crippen molar-refractivity contribution < 1.29 is 13.2 Å². The number of benzene rings is 1. The minimum Gasteiger partial charge on any atom is -0.495 e. The molecule has 126 valence electrons. The van der Waals surface area contributed by atoms with Gasteiger partial charge < -0.3 is 10.5 Å². The van der Waals surface area contributed by atoms with E-state index in [1.165, 1.54) is 13.2 Å². The minimum atomic E-state index is -3.61. The maximum Gasteiger partial charge on any atom is 0.241 e. The van der Waals surface area contributed by atoms with Crippen molar-refractivity contribution in [1.29, 1.82) is 0 Å². The van der Waals surface area contributed by atoms with E-state index in [1.807, 2.05) is 0 Å². The van der Waals surface area contributed by atoms with Gasteiger partial charge in [-0.25, -0.2) is 13.1 Å². The van der Waals surface area contributed by atoms with E-state index in [0.717, 1.165) is 19.3 Å². The van der Waals surface area contributed by atoms with Crippen LogP contribution in [0.25, 0.3) is 0 Å². The number of sulfonamides is 1. The van der Waals surface area contributed by atoms with Crippen molar-refractivity contribution in [2.45, 2.75) is 37.1 Å². The lowest BCUT2D eigenvalue weighted by Crippen LogP contribution is -2.40. The maximum absolute atomic E-state index is 12.6. The van der Waals surface area contributed by atoms with Crippen LogP contribution in [0, 0.1) is 12.8 Å². The number of hydrogen-bond donors (Lipinski definition) is 2. The maximum atomic E-state index is 12.6. The first-order valence-electron chi connectivity index (χ1n) is 6.95. The highest BCUT2D eigenvalue weighted by Gasteiger charge is 2.31. The van der Waals surface area contributed by atoms with Gasteiger partial charge in [-0.1, -0.05) is 18.0 Å². The second-order valence-electron chi connectivity index (χ2n) is 5.41. The summed E-state index contributed by atoms with van der Waals surface area (Å²) in [5.41, 5.74) is 6.30. The van der Waals surface area contributed by atoms with Crippen LogP contribution in [0.15, 0.2) is 17.0 Å². The second kappa shape index (κ2) is 7.84. The molecule has 0 bridgehead atoms. The van der Waals surface area contributed by atoms with Gasteiger partial charge in [0.1, 0.15) is 5.75 Å². The molecule has 2 unspecified atom stereocenters. The Morgan fingerprint density at radius 1 is 1.41 bits per heavy atom. The molecule has 0 saturated heterocycles. The van der Waals surface area contributed by atoms with Gasteiger partial charge in [0, 0.05) is 6.04 Å². The molecule has 2 rings (SSSR count). The Morgan fingerprint density at radius 3 is 2.68 bits per heavy atom. The van der Waals surface area contributed by atoms with Crippen LogP contribution in [0.5, 0.6) is 5.75 Å². The molecule has 0 amide bonds. The van der Waals surface area contributed by atoms with Gasteiger partial charge in [0.05, 0.1) is 17.0 Å². The fraction of sp³-hybridized carbons (Fsp3) is 0.571. The first-order chi connectivity index (χ1) is 9.89. The van der Waals surface area contributed by atoms with Crippen LogP contribution in [-0.4, -0.2) is 28.1 Å². The Morgan fingerprint density at radius 2 is 2.09 bits per heavy atom. The zero-order valence-electron chi connectivity index (χ0n) is 12.6. The number of ether oxygens (including phenoxy) is 1. The topological polar surface area (TPSA) is 81.4 Å². The van der Waals surface area contributed by atoms with Crippen LogP contribution in [0.4, 0.5) is 0 Å². The third-order valence-electron chi connectivity index (χ3n) is 4.01. The third kappa shape index (κ3) is 4.06. The zero-order chi connectivity index (χ0) is 15.6. The summed E-state index contributed by atoms with van der Waals surface area (Å²) in [6.07, 6.45) is 2.79. The van der Waals surface area contributed by atoms with E-state index in [-0.39, 0.29) is 34.3 Å². The summed E-state index contributed by atoms with van der Waals surface area (Å²) in [6.45, 7) is 2.22. The van der Waals surface area contributed by atoms with Crippen molar-refractivity contribution >= 4 is 34.0 Å². The Labute approximate surface area is 143 Å². The van der Waals surface area contributed by atoms with Crippen LogP contribution in [0.3, 0.4) is 0 Å².